The van der Waals surface area contributed by atoms with Crippen LogP contribution in [0.2, 0.25) is 5.02 Å². The monoisotopic (exact) mass is 536 g/mol. The summed E-state index contributed by atoms with van der Waals surface area (Å²) in [6, 6.07) is 10.6. The zero-order chi connectivity index (χ0) is 26.8. The lowest BCUT2D eigenvalue weighted by atomic mass is 9.98. The number of hydrogen-bond donors (Lipinski definition) is 2. The number of unbranched alkanes of at least 4 members (excludes halogenated alkanes) is 1. The van der Waals surface area contributed by atoms with Crippen molar-refractivity contribution in [2.75, 3.05) is 18.4 Å². The Labute approximate surface area is 227 Å². The van der Waals surface area contributed by atoms with Crippen LogP contribution in [-0.4, -0.2) is 58.6 Å². The van der Waals surface area contributed by atoms with Gasteiger partial charge in [-0.3, -0.25) is 29.4 Å². The number of aryl methyl sites for hydroxylation is 2. The van der Waals surface area contributed by atoms with E-state index < -0.39 is 11.9 Å². The second-order valence-corrected chi connectivity index (χ2v) is 10.9. The van der Waals surface area contributed by atoms with Gasteiger partial charge < -0.3 is 10.2 Å². The number of nitrogens with one attached hydrogen (secondary N) is 2. The molecular weight excluding hydrogens is 504 g/mol. The lowest BCUT2D eigenvalue weighted by Crippen LogP contribution is -2.52. The van der Waals surface area contributed by atoms with Gasteiger partial charge in [-0.2, -0.15) is 0 Å². The molecule has 38 heavy (non-hydrogen) atoms. The third kappa shape index (κ3) is 5.47. The molecule has 200 valence electrons. The van der Waals surface area contributed by atoms with Crippen LogP contribution in [0, 0.1) is 6.92 Å². The average Bonchev–Trinajstić information content (AvgIpc) is 3.49. The number of fused-ring (bicyclic) bond motifs is 1. The number of carbonyl (C=O) groups excluding carboxylic acids is 4. The third-order valence-corrected chi connectivity index (χ3v) is 8.33. The van der Waals surface area contributed by atoms with Crippen LogP contribution in [0.15, 0.2) is 36.4 Å². The largest absolute Gasteiger partial charge is 0.325 e. The summed E-state index contributed by atoms with van der Waals surface area (Å²) in [5.74, 6) is -0.806. The van der Waals surface area contributed by atoms with Gasteiger partial charge in [0.05, 0.1) is 6.04 Å². The Morgan fingerprint density at radius 1 is 1.13 bits per heavy atom. The molecule has 2 N–H and O–H groups in total. The van der Waals surface area contributed by atoms with Crippen molar-refractivity contribution in [3.63, 3.8) is 0 Å². The minimum atomic E-state index is -0.602. The van der Waals surface area contributed by atoms with Crippen LogP contribution in [-0.2, 0) is 27.3 Å². The minimum absolute atomic E-state index is 0.00959. The quantitative estimate of drug-likeness (QED) is 0.394. The number of anilines is 1. The van der Waals surface area contributed by atoms with Crippen molar-refractivity contribution in [3.8, 4) is 0 Å². The molecule has 8 nitrogen and oxygen atoms in total. The Hall–Kier alpha value is -3.23. The van der Waals surface area contributed by atoms with E-state index in [9.17, 15) is 19.2 Å². The van der Waals surface area contributed by atoms with E-state index >= 15 is 0 Å². The smallest absolute Gasteiger partial charge is 0.255 e. The number of carbonyl (C=O) groups is 4. The van der Waals surface area contributed by atoms with Gasteiger partial charge in [0.15, 0.2) is 0 Å². The molecule has 2 unspecified atom stereocenters. The molecule has 0 spiro atoms. The summed E-state index contributed by atoms with van der Waals surface area (Å²) in [6.45, 7) is 4.07. The van der Waals surface area contributed by atoms with Crippen LogP contribution in [0.4, 0.5) is 5.69 Å². The maximum absolute atomic E-state index is 13.1. The van der Waals surface area contributed by atoms with Crippen LogP contribution in [0.5, 0.6) is 0 Å². The molecule has 2 fully saturated rings. The Morgan fingerprint density at radius 2 is 1.97 bits per heavy atom. The first kappa shape index (κ1) is 26.4. The number of piperidine rings is 1. The van der Waals surface area contributed by atoms with Gasteiger partial charge in [-0.25, -0.2) is 0 Å². The molecule has 0 aliphatic carbocycles. The fourth-order valence-corrected chi connectivity index (χ4v) is 5.98. The molecule has 0 bridgehead atoms. The Kier molecular flexibility index (Phi) is 7.81. The van der Waals surface area contributed by atoms with E-state index in [-0.39, 0.29) is 30.2 Å². The lowest BCUT2D eigenvalue weighted by Gasteiger charge is -2.29. The van der Waals surface area contributed by atoms with Gasteiger partial charge in [0.1, 0.15) is 6.04 Å². The zero-order valence-electron chi connectivity index (χ0n) is 21.6. The van der Waals surface area contributed by atoms with E-state index in [4.69, 9.17) is 11.6 Å². The third-order valence-electron chi connectivity index (χ3n) is 7.93. The van der Waals surface area contributed by atoms with Crippen LogP contribution in [0.1, 0.15) is 65.6 Å². The first-order chi connectivity index (χ1) is 18.3. The molecule has 2 atom stereocenters. The Balaban J connectivity index is 1.14. The van der Waals surface area contributed by atoms with Crippen molar-refractivity contribution in [3.05, 3.63) is 63.7 Å². The summed E-state index contributed by atoms with van der Waals surface area (Å²) >= 11 is 6.21. The topological polar surface area (TPSA) is 98.8 Å². The normalized spacial score (nSPS) is 21.5. The van der Waals surface area contributed by atoms with E-state index in [0.29, 0.717) is 23.6 Å². The number of likely N-dealkylation sites (tertiary alicyclic amines) is 1. The van der Waals surface area contributed by atoms with E-state index in [1.54, 1.807) is 11.0 Å². The van der Waals surface area contributed by atoms with E-state index in [0.717, 1.165) is 67.6 Å². The van der Waals surface area contributed by atoms with E-state index in [1.807, 2.05) is 31.2 Å². The summed E-state index contributed by atoms with van der Waals surface area (Å²) in [5.41, 5.74) is 4.45. The Morgan fingerprint density at radius 3 is 2.76 bits per heavy atom. The van der Waals surface area contributed by atoms with E-state index in [2.05, 4.69) is 21.6 Å². The molecule has 4 amide bonds. The average molecular weight is 537 g/mol. The summed E-state index contributed by atoms with van der Waals surface area (Å²) in [4.78, 5) is 53.7. The standard InChI is InChI=1S/C29H33ClN4O4/c1-18-10-11-20(16-23(18)30)31-27(36)24-9-5-15-33(24)14-3-2-6-19-7-4-8-21-22(19)17-34(29(21)38)25-12-13-26(35)32-28(25)37/h4,7-8,10-11,16,24-25H,2-3,5-6,9,12-15,17H2,1H3,(H,31,36)(H,32,35,37). The van der Waals surface area contributed by atoms with Crippen molar-refractivity contribution < 1.29 is 19.2 Å². The summed E-state index contributed by atoms with van der Waals surface area (Å²) in [6.07, 6.45) is 5.15. The minimum Gasteiger partial charge on any atom is -0.325 e. The summed E-state index contributed by atoms with van der Waals surface area (Å²) in [7, 11) is 0. The fraction of sp³-hybridized carbons (Fsp3) is 0.448. The second-order valence-electron chi connectivity index (χ2n) is 10.4. The lowest BCUT2D eigenvalue weighted by molar-refractivity contribution is -0.137. The van der Waals surface area contributed by atoms with Crippen molar-refractivity contribution in [1.29, 1.82) is 0 Å². The van der Waals surface area contributed by atoms with Gasteiger partial charge in [0, 0.05) is 29.2 Å². The Bertz CT molecular complexity index is 1280. The van der Waals surface area contributed by atoms with Gasteiger partial charge >= 0.3 is 0 Å². The zero-order valence-corrected chi connectivity index (χ0v) is 22.4. The molecule has 2 aromatic carbocycles. The summed E-state index contributed by atoms with van der Waals surface area (Å²) < 4.78 is 0. The predicted octanol–water partition coefficient (Wildman–Crippen LogP) is 3.84. The highest BCUT2D eigenvalue weighted by Crippen LogP contribution is 2.31. The number of halogens is 1. The number of benzene rings is 2. The van der Waals surface area contributed by atoms with Gasteiger partial charge in [-0.15, -0.1) is 0 Å². The SMILES string of the molecule is Cc1ccc(NC(=O)C2CCCN2CCCCc2cccc3c2CN(C2CCC(=O)NC2=O)C3=O)cc1Cl. The molecule has 0 aromatic heterocycles. The molecule has 5 rings (SSSR count). The maximum atomic E-state index is 13.1. The predicted molar refractivity (Wildman–Crippen MR) is 145 cm³/mol. The molecule has 3 aliphatic rings. The highest BCUT2D eigenvalue weighted by Gasteiger charge is 2.39. The molecule has 9 heteroatoms. The molecule has 3 aliphatic heterocycles. The first-order valence-corrected chi connectivity index (χ1v) is 13.8. The number of rotatable bonds is 8. The first-order valence-electron chi connectivity index (χ1n) is 13.4. The van der Waals surface area contributed by atoms with E-state index in [1.165, 1.54) is 0 Å². The molecular formula is C29H33ClN4O4. The molecule has 2 aromatic rings. The van der Waals surface area contributed by atoms with Gasteiger partial charge in [0.2, 0.25) is 17.7 Å². The van der Waals surface area contributed by atoms with Crippen LogP contribution in [0.25, 0.3) is 0 Å². The van der Waals surface area contributed by atoms with Crippen molar-refractivity contribution >= 4 is 40.9 Å². The second kappa shape index (κ2) is 11.3. The van der Waals surface area contributed by atoms with Gasteiger partial charge in [-0.05, 0) is 93.4 Å². The number of nitrogens with zero attached hydrogens (tertiary/aromatic N) is 2. The van der Waals surface area contributed by atoms with Gasteiger partial charge in [0.25, 0.3) is 5.91 Å². The number of hydrogen-bond acceptors (Lipinski definition) is 5. The summed E-state index contributed by atoms with van der Waals surface area (Å²) in [5, 5.41) is 6.01. The van der Waals surface area contributed by atoms with Crippen molar-refractivity contribution in [2.45, 2.75) is 70.5 Å². The number of amides is 4. The highest BCUT2D eigenvalue weighted by molar-refractivity contribution is 6.31. The molecule has 3 heterocycles. The maximum Gasteiger partial charge on any atom is 0.255 e. The number of imide groups is 1. The molecule has 0 saturated carbocycles. The van der Waals surface area contributed by atoms with Gasteiger partial charge in [-0.1, -0.05) is 29.8 Å². The van der Waals surface area contributed by atoms with Crippen molar-refractivity contribution in [2.24, 2.45) is 0 Å². The fourth-order valence-electron chi connectivity index (χ4n) is 5.80. The molecule has 0 radical (unpaired) electrons. The van der Waals surface area contributed by atoms with Crippen molar-refractivity contribution in [1.82, 2.24) is 15.1 Å². The highest BCUT2D eigenvalue weighted by atomic mass is 35.5. The van der Waals surface area contributed by atoms with Crippen LogP contribution in [0.3, 0.4) is 0 Å². The van der Waals surface area contributed by atoms with Crippen LogP contribution < -0.4 is 10.6 Å². The van der Waals surface area contributed by atoms with Crippen LogP contribution >= 0.6 is 11.6 Å². The molecule has 2 saturated heterocycles.